The fourth-order valence-electron chi connectivity index (χ4n) is 3.48. The number of isothiocyanates is 1. The number of thiocarbonyl (C=S) groups is 1. The fraction of sp³-hybridized carbons (Fsp3) is 0.0417. The average molecular weight is 455 g/mol. The maximum absolute atomic E-state index is 13.1. The molecule has 2 aromatic carbocycles. The van der Waals surface area contributed by atoms with E-state index in [0.29, 0.717) is 28.1 Å². The molecule has 0 unspecified atom stereocenters. The first-order valence-corrected chi connectivity index (χ1v) is 10.3. The minimum Gasteiger partial charge on any atom is -0.405 e. The van der Waals surface area contributed by atoms with Crippen molar-refractivity contribution in [3.8, 4) is 5.69 Å². The van der Waals surface area contributed by atoms with Gasteiger partial charge in [-0.1, -0.05) is 6.07 Å². The monoisotopic (exact) mass is 454 g/mol. The molecule has 0 aliphatic rings. The van der Waals surface area contributed by atoms with Crippen LogP contribution in [0.25, 0.3) is 27.5 Å². The van der Waals surface area contributed by atoms with Crippen LogP contribution in [0.15, 0.2) is 81.8 Å². The Morgan fingerprint density at radius 1 is 1.21 bits per heavy atom. The Morgan fingerprint density at radius 2 is 2.06 bits per heavy atom. The van der Waals surface area contributed by atoms with Crippen molar-refractivity contribution >= 4 is 62.8 Å². The third kappa shape index (κ3) is 4.45. The molecule has 3 N–H and O–H groups in total. The molecular weight excluding hydrogens is 436 g/mol. The lowest BCUT2D eigenvalue weighted by atomic mass is 10.1. The molecule has 2 amide bonds. The number of nitrogens with zero attached hydrogens (tertiary/aromatic N) is 4. The van der Waals surface area contributed by atoms with Crippen molar-refractivity contribution in [1.29, 1.82) is 0 Å². The summed E-state index contributed by atoms with van der Waals surface area (Å²) in [6.07, 6.45) is 6.32. The van der Waals surface area contributed by atoms with Gasteiger partial charge in [-0.25, -0.2) is 4.79 Å². The van der Waals surface area contributed by atoms with Crippen LogP contribution >= 0.6 is 12.2 Å². The number of nitrogens with two attached hydrogens (primary N) is 1. The summed E-state index contributed by atoms with van der Waals surface area (Å²) in [5.74, 6) is 0. The van der Waals surface area contributed by atoms with Gasteiger partial charge in [-0.3, -0.25) is 19.3 Å². The number of carbonyl (C=O) groups is 1. The molecule has 0 saturated carbocycles. The molecule has 2 aromatic heterocycles. The highest BCUT2D eigenvalue weighted by Crippen LogP contribution is 2.29. The van der Waals surface area contributed by atoms with E-state index in [1.165, 1.54) is 12.3 Å². The molecule has 0 fully saturated rings. The topological polar surface area (TPSA) is 115 Å². The number of pyridine rings is 2. The minimum atomic E-state index is -0.640. The second-order valence-corrected chi connectivity index (χ2v) is 7.25. The van der Waals surface area contributed by atoms with Gasteiger partial charge in [0.05, 0.1) is 27.6 Å². The first-order chi connectivity index (χ1) is 16.0. The lowest BCUT2D eigenvalue weighted by Gasteiger charge is -2.15. The van der Waals surface area contributed by atoms with Gasteiger partial charge in [-0.15, -0.1) is 4.99 Å². The number of carbonyl (C=O) groups excluding carboxylic acids is 1. The van der Waals surface area contributed by atoms with Crippen LogP contribution in [-0.2, 0) is 0 Å². The first kappa shape index (κ1) is 21.8. The number of urea groups is 1. The summed E-state index contributed by atoms with van der Waals surface area (Å²) in [6.45, 7) is 1.84. The maximum Gasteiger partial charge on any atom is 0.354 e. The van der Waals surface area contributed by atoms with Crippen LogP contribution in [0.4, 0.5) is 16.2 Å². The second kappa shape index (κ2) is 9.35. The molecule has 4 aromatic rings. The summed E-state index contributed by atoms with van der Waals surface area (Å²) in [4.78, 5) is 37.3. The number of hydrogen-bond donors (Lipinski definition) is 2. The molecule has 9 heteroatoms. The fourth-order valence-corrected chi connectivity index (χ4v) is 3.57. The normalized spacial score (nSPS) is 11.3. The van der Waals surface area contributed by atoms with Crippen LogP contribution in [0.5, 0.6) is 0 Å². The molecule has 0 spiro atoms. The minimum absolute atomic E-state index is 0.229. The molecule has 4 rings (SSSR count). The van der Waals surface area contributed by atoms with E-state index in [9.17, 15) is 9.59 Å². The highest BCUT2D eigenvalue weighted by molar-refractivity contribution is 7.78. The van der Waals surface area contributed by atoms with E-state index in [-0.39, 0.29) is 5.56 Å². The summed E-state index contributed by atoms with van der Waals surface area (Å²) in [5.41, 5.74) is 9.10. The molecule has 0 bridgehead atoms. The number of allylic oxidation sites excluding steroid dienone is 1. The third-order valence-corrected chi connectivity index (χ3v) is 5.08. The molecule has 162 valence electrons. The van der Waals surface area contributed by atoms with E-state index in [1.54, 1.807) is 35.2 Å². The van der Waals surface area contributed by atoms with E-state index in [0.717, 1.165) is 16.3 Å². The molecule has 0 atom stereocenters. The summed E-state index contributed by atoms with van der Waals surface area (Å²) in [7, 11) is 0. The zero-order valence-electron chi connectivity index (χ0n) is 17.5. The lowest BCUT2D eigenvalue weighted by molar-refractivity contribution is 0.259. The summed E-state index contributed by atoms with van der Waals surface area (Å²) in [5, 5.41) is 6.24. The predicted octanol–water partition coefficient (Wildman–Crippen LogP) is 4.66. The number of aryl methyl sites for hydroxylation is 1. The number of aliphatic imine (C=N–C) groups is 2. The number of amides is 2. The largest absolute Gasteiger partial charge is 0.405 e. The predicted molar refractivity (Wildman–Crippen MR) is 135 cm³/mol. The number of hydrogen-bond acceptors (Lipinski definition) is 6. The molecule has 0 aliphatic heterocycles. The summed E-state index contributed by atoms with van der Waals surface area (Å²) < 4.78 is 1.59. The van der Waals surface area contributed by atoms with Crippen molar-refractivity contribution in [1.82, 2.24) is 9.55 Å². The van der Waals surface area contributed by atoms with Crippen LogP contribution < -0.4 is 16.6 Å². The molecule has 0 saturated heterocycles. The van der Waals surface area contributed by atoms with E-state index in [4.69, 9.17) is 5.73 Å². The van der Waals surface area contributed by atoms with Gasteiger partial charge in [0.15, 0.2) is 0 Å². The highest BCUT2D eigenvalue weighted by Gasteiger charge is 2.13. The molecule has 2 heterocycles. The number of benzene rings is 2. The van der Waals surface area contributed by atoms with Crippen molar-refractivity contribution in [2.24, 2.45) is 15.7 Å². The van der Waals surface area contributed by atoms with Gasteiger partial charge < -0.3 is 11.1 Å². The van der Waals surface area contributed by atoms with Crippen molar-refractivity contribution in [2.75, 3.05) is 5.32 Å². The Morgan fingerprint density at radius 3 is 2.85 bits per heavy atom. The van der Waals surface area contributed by atoms with Crippen LogP contribution in [0.1, 0.15) is 5.56 Å². The number of rotatable bonds is 4. The number of fused-ring (bicyclic) bond motifs is 3. The summed E-state index contributed by atoms with van der Waals surface area (Å²) in [6, 6.07) is 13.5. The maximum atomic E-state index is 13.1. The number of nitrogens with one attached hydrogen (secondary N) is 1. The van der Waals surface area contributed by atoms with Crippen molar-refractivity contribution in [3.63, 3.8) is 0 Å². The third-order valence-electron chi connectivity index (χ3n) is 4.99. The second-order valence-electron chi connectivity index (χ2n) is 7.07. The summed E-state index contributed by atoms with van der Waals surface area (Å²) >= 11 is 4.49. The number of aromatic nitrogens is 2. The Kier molecular flexibility index (Phi) is 6.17. The molecular formula is C24H18N6O2S. The van der Waals surface area contributed by atoms with Crippen LogP contribution in [0.2, 0.25) is 0 Å². The van der Waals surface area contributed by atoms with Crippen molar-refractivity contribution in [3.05, 3.63) is 82.9 Å². The van der Waals surface area contributed by atoms with Crippen LogP contribution in [0.3, 0.4) is 0 Å². The highest BCUT2D eigenvalue weighted by atomic mass is 32.1. The Hall–Kier alpha value is -4.46. The van der Waals surface area contributed by atoms with Gasteiger partial charge in [0.2, 0.25) is 0 Å². The van der Waals surface area contributed by atoms with Gasteiger partial charge in [0.1, 0.15) is 0 Å². The lowest BCUT2D eigenvalue weighted by Crippen LogP contribution is -2.18. The quantitative estimate of drug-likeness (QED) is 0.264. The van der Waals surface area contributed by atoms with E-state index in [2.05, 4.69) is 32.5 Å². The van der Waals surface area contributed by atoms with Gasteiger partial charge in [0.25, 0.3) is 5.56 Å². The SMILES string of the molecule is Cc1ccc(-n2c(=O)ccc3cnc4ccc(N=CC=CN)cc4c32)cc1NC(=O)N=C=S. The standard InChI is InChI=1S/C24H18N6O2S/c1-15-3-6-18(12-21(15)29-24(32)28-14-33)30-22(31)8-4-16-13-27-20-7-5-17(26-10-2-9-25)11-19(20)23(16)30/h2-13H,25H2,1H3,(H,29,32). The zero-order valence-corrected chi connectivity index (χ0v) is 18.3. The van der Waals surface area contributed by atoms with E-state index >= 15 is 0 Å². The average Bonchev–Trinajstić information content (AvgIpc) is 2.81. The van der Waals surface area contributed by atoms with Gasteiger partial charge in [-0.2, -0.15) is 0 Å². The van der Waals surface area contributed by atoms with Crippen LogP contribution in [0, 0.1) is 6.92 Å². The van der Waals surface area contributed by atoms with Crippen molar-refractivity contribution < 1.29 is 4.79 Å². The molecule has 0 aliphatic carbocycles. The molecule has 0 radical (unpaired) electrons. The molecule has 8 nitrogen and oxygen atoms in total. The van der Waals surface area contributed by atoms with Gasteiger partial charge in [0, 0.05) is 34.9 Å². The first-order valence-electron chi connectivity index (χ1n) is 9.87. The van der Waals surface area contributed by atoms with Crippen LogP contribution in [-0.4, -0.2) is 27.0 Å². The van der Waals surface area contributed by atoms with E-state index < -0.39 is 6.03 Å². The van der Waals surface area contributed by atoms with Gasteiger partial charge >= 0.3 is 6.03 Å². The number of anilines is 1. The Bertz CT molecular complexity index is 1570. The van der Waals surface area contributed by atoms with Gasteiger partial charge in [-0.05, 0) is 73.4 Å². The zero-order chi connectivity index (χ0) is 23.4. The smallest absolute Gasteiger partial charge is 0.354 e. The van der Waals surface area contributed by atoms with Crippen molar-refractivity contribution in [2.45, 2.75) is 6.92 Å². The Balaban J connectivity index is 1.98. The van der Waals surface area contributed by atoms with E-state index in [1.807, 2.05) is 42.4 Å². The Labute approximate surface area is 193 Å². The molecule has 33 heavy (non-hydrogen) atoms.